The number of anilines is 1. The van der Waals surface area contributed by atoms with E-state index in [1.54, 1.807) is 38.1 Å². The zero-order valence-electron chi connectivity index (χ0n) is 14.9. The topological polar surface area (TPSA) is 58.2 Å². The second-order valence-corrected chi connectivity index (χ2v) is 6.61. The summed E-state index contributed by atoms with van der Waals surface area (Å²) >= 11 is 0. The summed E-state index contributed by atoms with van der Waals surface area (Å²) in [6.07, 6.45) is 0. The number of nitrogens with one attached hydrogen (secondary N) is 2. The summed E-state index contributed by atoms with van der Waals surface area (Å²) < 4.78 is 14.1. The van der Waals surface area contributed by atoms with Gasteiger partial charge in [-0.25, -0.2) is 4.39 Å². The highest BCUT2D eigenvalue weighted by atomic mass is 19.1. The van der Waals surface area contributed by atoms with E-state index in [1.165, 1.54) is 13.0 Å². The molecule has 0 fully saturated rings. The van der Waals surface area contributed by atoms with E-state index in [-0.39, 0.29) is 17.9 Å². The van der Waals surface area contributed by atoms with Crippen LogP contribution in [0.15, 0.2) is 48.5 Å². The number of benzene rings is 2. The third-order valence-corrected chi connectivity index (χ3v) is 4.17. The van der Waals surface area contributed by atoms with Gasteiger partial charge in [0.25, 0.3) is 0 Å². The van der Waals surface area contributed by atoms with E-state index < -0.39 is 11.2 Å². The SMILES string of the molecule is CC(=O)Nc1cccc(C(C)NC(=O)C(C)(C)c2ccccc2F)c1. The summed E-state index contributed by atoms with van der Waals surface area (Å²) in [7, 11) is 0. The summed E-state index contributed by atoms with van der Waals surface area (Å²) in [5, 5.41) is 5.64. The largest absolute Gasteiger partial charge is 0.349 e. The van der Waals surface area contributed by atoms with Crippen LogP contribution in [-0.2, 0) is 15.0 Å². The van der Waals surface area contributed by atoms with Gasteiger partial charge in [-0.2, -0.15) is 0 Å². The van der Waals surface area contributed by atoms with E-state index in [2.05, 4.69) is 10.6 Å². The lowest BCUT2D eigenvalue weighted by molar-refractivity contribution is -0.126. The lowest BCUT2D eigenvalue weighted by Gasteiger charge is -2.27. The van der Waals surface area contributed by atoms with E-state index in [4.69, 9.17) is 0 Å². The number of halogens is 1. The third kappa shape index (κ3) is 4.44. The van der Waals surface area contributed by atoms with Crippen LogP contribution in [0.3, 0.4) is 0 Å². The van der Waals surface area contributed by atoms with E-state index >= 15 is 0 Å². The lowest BCUT2D eigenvalue weighted by atomic mass is 9.83. The summed E-state index contributed by atoms with van der Waals surface area (Å²) in [4.78, 5) is 23.9. The molecule has 1 unspecified atom stereocenters. The smallest absolute Gasteiger partial charge is 0.230 e. The van der Waals surface area contributed by atoms with Crippen LogP contribution in [0.25, 0.3) is 0 Å². The summed E-state index contributed by atoms with van der Waals surface area (Å²) in [5.41, 5.74) is 0.865. The summed E-state index contributed by atoms with van der Waals surface area (Å²) in [5.74, 6) is -0.826. The third-order valence-electron chi connectivity index (χ3n) is 4.17. The zero-order valence-corrected chi connectivity index (χ0v) is 14.9. The number of amides is 2. The number of rotatable bonds is 5. The molecule has 25 heavy (non-hydrogen) atoms. The van der Waals surface area contributed by atoms with Crippen molar-refractivity contribution >= 4 is 17.5 Å². The van der Waals surface area contributed by atoms with Crippen LogP contribution >= 0.6 is 0 Å². The van der Waals surface area contributed by atoms with Crippen molar-refractivity contribution in [3.05, 3.63) is 65.5 Å². The minimum absolute atomic E-state index is 0.158. The Hall–Kier alpha value is -2.69. The molecule has 0 aliphatic carbocycles. The van der Waals surface area contributed by atoms with Gasteiger partial charge in [0.2, 0.25) is 11.8 Å². The van der Waals surface area contributed by atoms with Crippen LogP contribution in [0, 0.1) is 5.82 Å². The van der Waals surface area contributed by atoms with Gasteiger partial charge < -0.3 is 10.6 Å². The van der Waals surface area contributed by atoms with Crippen molar-refractivity contribution in [3.63, 3.8) is 0 Å². The van der Waals surface area contributed by atoms with E-state index in [0.29, 0.717) is 11.3 Å². The molecule has 2 N–H and O–H groups in total. The number of hydrogen-bond acceptors (Lipinski definition) is 2. The molecule has 0 spiro atoms. The van der Waals surface area contributed by atoms with Crippen LogP contribution in [-0.4, -0.2) is 11.8 Å². The Morgan fingerprint density at radius 1 is 1.08 bits per heavy atom. The van der Waals surface area contributed by atoms with Gasteiger partial charge in [0.05, 0.1) is 11.5 Å². The predicted octanol–water partition coefficient (Wildman–Crippen LogP) is 3.94. The van der Waals surface area contributed by atoms with Crippen molar-refractivity contribution in [1.29, 1.82) is 0 Å². The molecule has 0 heterocycles. The van der Waals surface area contributed by atoms with Crippen LogP contribution in [0.4, 0.5) is 10.1 Å². The first-order chi connectivity index (χ1) is 11.7. The highest BCUT2D eigenvalue weighted by molar-refractivity contribution is 5.89. The van der Waals surface area contributed by atoms with E-state index in [9.17, 15) is 14.0 Å². The Labute approximate surface area is 147 Å². The fourth-order valence-electron chi connectivity index (χ4n) is 2.64. The minimum Gasteiger partial charge on any atom is -0.349 e. The fraction of sp³-hybridized carbons (Fsp3) is 0.300. The van der Waals surface area contributed by atoms with Crippen molar-refractivity contribution in [1.82, 2.24) is 5.32 Å². The van der Waals surface area contributed by atoms with Crippen LogP contribution in [0.2, 0.25) is 0 Å². The molecule has 0 bridgehead atoms. The zero-order chi connectivity index (χ0) is 18.6. The maximum Gasteiger partial charge on any atom is 0.230 e. The van der Waals surface area contributed by atoms with Gasteiger partial charge >= 0.3 is 0 Å². The predicted molar refractivity (Wildman–Crippen MR) is 96.7 cm³/mol. The van der Waals surface area contributed by atoms with Gasteiger partial charge in [0, 0.05) is 18.2 Å². The minimum atomic E-state index is -1.01. The highest BCUT2D eigenvalue weighted by Crippen LogP contribution is 2.27. The van der Waals surface area contributed by atoms with Gasteiger partial charge in [-0.3, -0.25) is 9.59 Å². The molecule has 5 heteroatoms. The molecule has 1 atom stereocenters. The normalized spacial score (nSPS) is 12.4. The average molecular weight is 342 g/mol. The van der Waals surface area contributed by atoms with Crippen molar-refractivity contribution in [2.24, 2.45) is 0 Å². The summed E-state index contributed by atoms with van der Waals surface area (Å²) in [6, 6.07) is 13.3. The second-order valence-electron chi connectivity index (χ2n) is 6.61. The van der Waals surface area contributed by atoms with E-state index in [1.807, 2.05) is 25.1 Å². The molecule has 0 radical (unpaired) electrons. The standard InChI is InChI=1S/C20H23FN2O2/c1-13(15-8-7-9-16(12-15)23-14(2)24)22-19(25)20(3,4)17-10-5-6-11-18(17)21/h5-13H,1-4H3,(H,22,25)(H,23,24). The van der Waals surface area contributed by atoms with Crippen molar-refractivity contribution < 1.29 is 14.0 Å². The monoisotopic (exact) mass is 342 g/mol. The first-order valence-corrected chi connectivity index (χ1v) is 8.15. The van der Waals surface area contributed by atoms with Gasteiger partial charge in [0.1, 0.15) is 5.82 Å². The first kappa shape index (κ1) is 18.6. The number of carbonyl (C=O) groups excluding carboxylic acids is 2. The molecule has 0 aliphatic heterocycles. The maximum atomic E-state index is 14.1. The van der Waals surface area contributed by atoms with Gasteiger partial charge in [-0.05, 0) is 44.5 Å². The van der Waals surface area contributed by atoms with Crippen LogP contribution in [0.5, 0.6) is 0 Å². The van der Waals surface area contributed by atoms with Gasteiger partial charge in [0.15, 0.2) is 0 Å². The molecule has 2 aromatic carbocycles. The molecule has 0 aliphatic rings. The van der Waals surface area contributed by atoms with Crippen molar-refractivity contribution in [2.75, 3.05) is 5.32 Å². The molecule has 4 nitrogen and oxygen atoms in total. The fourth-order valence-corrected chi connectivity index (χ4v) is 2.64. The molecular formula is C20H23FN2O2. The Kier molecular flexibility index (Phi) is 5.57. The van der Waals surface area contributed by atoms with Gasteiger partial charge in [-0.15, -0.1) is 0 Å². The highest BCUT2D eigenvalue weighted by Gasteiger charge is 2.33. The summed E-state index contributed by atoms with van der Waals surface area (Å²) in [6.45, 7) is 6.68. The Morgan fingerprint density at radius 3 is 2.40 bits per heavy atom. The number of hydrogen-bond donors (Lipinski definition) is 2. The molecule has 0 saturated heterocycles. The molecule has 0 saturated carbocycles. The Balaban J connectivity index is 2.17. The first-order valence-electron chi connectivity index (χ1n) is 8.15. The maximum absolute atomic E-state index is 14.1. The number of carbonyl (C=O) groups is 2. The van der Waals surface area contributed by atoms with Crippen molar-refractivity contribution in [2.45, 2.75) is 39.2 Å². The molecule has 132 valence electrons. The Bertz CT molecular complexity index is 787. The van der Waals surface area contributed by atoms with Crippen LogP contribution in [0.1, 0.15) is 44.9 Å². The van der Waals surface area contributed by atoms with E-state index in [0.717, 1.165) is 5.56 Å². The molecule has 2 aromatic rings. The van der Waals surface area contributed by atoms with Crippen LogP contribution < -0.4 is 10.6 Å². The van der Waals surface area contributed by atoms with Crippen molar-refractivity contribution in [3.8, 4) is 0 Å². The molecular weight excluding hydrogens is 319 g/mol. The average Bonchev–Trinajstić information content (AvgIpc) is 2.54. The molecule has 2 amide bonds. The molecule has 2 rings (SSSR count). The lowest BCUT2D eigenvalue weighted by Crippen LogP contribution is -2.41. The molecule has 0 aromatic heterocycles. The Morgan fingerprint density at radius 2 is 1.76 bits per heavy atom. The second kappa shape index (κ2) is 7.47. The quantitative estimate of drug-likeness (QED) is 0.865. The van der Waals surface area contributed by atoms with Gasteiger partial charge in [-0.1, -0.05) is 30.3 Å².